The van der Waals surface area contributed by atoms with E-state index in [4.69, 9.17) is 9.47 Å². The van der Waals surface area contributed by atoms with Gasteiger partial charge in [-0.1, -0.05) is 66.2 Å². The van der Waals surface area contributed by atoms with E-state index in [-0.39, 0.29) is 12.2 Å². The number of rotatable bonds is 4. The highest BCUT2D eigenvalue weighted by Gasteiger charge is 2.42. The van der Waals surface area contributed by atoms with Crippen molar-refractivity contribution in [3.05, 3.63) is 89.0 Å². The lowest BCUT2D eigenvalue weighted by Gasteiger charge is -2.30. The number of benzene rings is 3. The summed E-state index contributed by atoms with van der Waals surface area (Å²) in [5.41, 5.74) is 7.42. The Balaban J connectivity index is 2.00. The molecule has 0 bridgehead atoms. The van der Waals surface area contributed by atoms with E-state index in [2.05, 4.69) is 80.6 Å². The fraction of sp³-hybridized carbons (Fsp3) is 0.217. The summed E-state index contributed by atoms with van der Waals surface area (Å²) in [5, 5.41) is 0. The summed E-state index contributed by atoms with van der Waals surface area (Å²) in [6, 6.07) is 23.7. The van der Waals surface area contributed by atoms with Gasteiger partial charge in [0.1, 0.15) is 5.75 Å². The SMILES string of the molecule is COCOc1ccc(C)cc1C1(C)c2ccccc2-c2ccccc21. The maximum Gasteiger partial charge on any atom is 0.188 e. The van der Waals surface area contributed by atoms with Crippen LogP contribution in [0.3, 0.4) is 0 Å². The van der Waals surface area contributed by atoms with Gasteiger partial charge in [0.15, 0.2) is 6.79 Å². The molecule has 0 N–H and O–H groups in total. The van der Waals surface area contributed by atoms with Gasteiger partial charge in [0, 0.05) is 18.1 Å². The van der Waals surface area contributed by atoms with E-state index in [0.717, 1.165) is 5.75 Å². The molecule has 0 saturated heterocycles. The first kappa shape index (κ1) is 15.9. The molecule has 0 atom stereocenters. The molecule has 2 heteroatoms. The Hall–Kier alpha value is -2.58. The minimum absolute atomic E-state index is 0.245. The van der Waals surface area contributed by atoms with E-state index >= 15 is 0 Å². The molecule has 0 saturated carbocycles. The Kier molecular flexibility index (Phi) is 3.85. The van der Waals surface area contributed by atoms with Gasteiger partial charge in [-0.2, -0.15) is 0 Å². The molecular weight excluding hydrogens is 308 g/mol. The van der Waals surface area contributed by atoms with Crippen LogP contribution in [0.4, 0.5) is 0 Å². The molecule has 1 aliphatic carbocycles. The maximum absolute atomic E-state index is 5.93. The first-order valence-corrected chi connectivity index (χ1v) is 8.58. The van der Waals surface area contributed by atoms with E-state index in [1.54, 1.807) is 7.11 Å². The average molecular weight is 330 g/mol. The second-order valence-electron chi connectivity index (χ2n) is 6.77. The number of hydrogen-bond acceptors (Lipinski definition) is 2. The van der Waals surface area contributed by atoms with E-state index in [1.165, 1.54) is 33.4 Å². The summed E-state index contributed by atoms with van der Waals surface area (Å²) in [5.74, 6) is 0.876. The highest BCUT2D eigenvalue weighted by molar-refractivity contribution is 5.83. The first-order valence-electron chi connectivity index (χ1n) is 8.58. The molecule has 1 aliphatic rings. The molecule has 0 radical (unpaired) electrons. The molecule has 0 unspecified atom stereocenters. The predicted octanol–water partition coefficient (Wildman–Crippen LogP) is 5.31. The number of hydrogen-bond donors (Lipinski definition) is 0. The smallest absolute Gasteiger partial charge is 0.188 e. The van der Waals surface area contributed by atoms with Gasteiger partial charge in [-0.3, -0.25) is 0 Å². The van der Waals surface area contributed by atoms with E-state index < -0.39 is 0 Å². The van der Waals surface area contributed by atoms with Crippen LogP contribution in [0, 0.1) is 6.92 Å². The van der Waals surface area contributed by atoms with Gasteiger partial charge >= 0.3 is 0 Å². The lowest BCUT2D eigenvalue weighted by atomic mass is 9.73. The monoisotopic (exact) mass is 330 g/mol. The molecule has 0 aliphatic heterocycles. The highest BCUT2D eigenvalue weighted by atomic mass is 16.7. The molecule has 0 spiro atoms. The third kappa shape index (κ3) is 2.37. The van der Waals surface area contributed by atoms with E-state index in [9.17, 15) is 0 Å². The van der Waals surface area contributed by atoms with Crippen LogP contribution in [0.15, 0.2) is 66.7 Å². The fourth-order valence-electron chi connectivity index (χ4n) is 4.03. The quantitative estimate of drug-likeness (QED) is 0.603. The molecular formula is C23H22O2. The van der Waals surface area contributed by atoms with Crippen molar-refractivity contribution in [1.29, 1.82) is 0 Å². The molecule has 2 nitrogen and oxygen atoms in total. The van der Waals surface area contributed by atoms with Crippen LogP contribution >= 0.6 is 0 Å². The van der Waals surface area contributed by atoms with Gasteiger partial charge in [0.2, 0.25) is 0 Å². The summed E-state index contributed by atoms with van der Waals surface area (Å²) < 4.78 is 11.1. The predicted molar refractivity (Wildman–Crippen MR) is 101 cm³/mol. The Labute approximate surface area is 149 Å². The lowest BCUT2D eigenvalue weighted by Crippen LogP contribution is -2.24. The third-order valence-electron chi connectivity index (χ3n) is 5.23. The van der Waals surface area contributed by atoms with Gasteiger partial charge in [-0.15, -0.1) is 0 Å². The Morgan fingerprint density at radius 2 is 1.40 bits per heavy atom. The molecule has 25 heavy (non-hydrogen) atoms. The summed E-state index contributed by atoms with van der Waals surface area (Å²) in [6.45, 7) is 4.67. The Morgan fingerprint density at radius 3 is 2.00 bits per heavy atom. The van der Waals surface area contributed by atoms with Crippen LogP contribution in [-0.2, 0) is 10.2 Å². The van der Waals surface area contributed by atoms with Gasteiger partial charge in [0.25, 0.3) is 0 Å². The maximum atomic E-state index is 5.93. The van der Waals surface area contributed by atoms with Gasteiger partial charge in [0.05, 0.1) is 0 Å². The zero-order valence-corrected chi connectivity index (χ0v) is 14.9. The van der Waals surface area contributed by atoms with Crippen LogP contribution < -0.4 is 4.74 Å². The van der Waals surface area contributed by atoms with Crippen molar-refractivity contribution < 1.29 is 9.47 Å². The number of aryl methyl sites for hydroxylation is 1. The summed E-state index contributed by atoms with van der Waals surface area (Å²) >= 11 is 0. The molecule has 0 aromatic heterocycles. The third-order valence-corrected chi connectivity index (χ3v) is 5.23. The molecule has 0 amide bonds. The lowest BCUT2D eigenvalue weighted by molar-refractivity contribution is 0.0500. The first-order chi connectivity index (χ1) is 12.2. The molecule has 4 rings (SSSR count). The molecule has 0 fully saturated rings. The number of methoxy groups -OCH3 is 1. The van der Waals surface area contributed by atoms with Crippen molar-refractivity contribution in [1.82, 2.24) is 0 Å². The Bertz CT molecular complexity index is 881. The molecule has 3 aromatic carbocycles. The standard InChI is InChI=1S/C23H22O2/c1-16-12-13-22(25-15-24-3)21(14-16)23(2)19-10-6-4-8-17(19)18-9-5-7-11-20(18)23/h4-14H,15H2,1-3H3. The summed E-state index contributed by atoms with van der Waals surface area (Å²) in [7, 11) is 1.65. The molecule has 126 valence electrons. The van der Waals surface area contributed by atoms with Crippen LogP contribution in [0.1, 0.15) is 29.2 Å². The van der Waals surface area contributed by atoms with Crippen LogP contribution in [-0.4, -0.2) is 13.9 Å². The largest absolute Gasteiger partial charge is 0.467 e. The fourth-order valence-corrected chi connectivity index (χ4v) is 4.03. The van der Waals surface area contributed by atoms with E-state index in [1.807, 2.05) is 0 Å². The van der Waals surface area contributed by atoms with Crippen LogP contribution in [0.2, 0.25) is 0 Å². The molecule has 0 heterocycles. The Morgan fingerprint density at radius 1 is 0.800 bits per heavy atom. The minimum Gasteiger partial charge on any atom is -0.467 e. The second-order valence-corrected chi connectivity index (χ2v) is 6.77. The minimum atomic E-state index is -0.248. The summed E-state index contributed by atoms with van der Waals surface area (Å²) in [6.07, 6.45) is 0. The van der Waals surface area contributed by atoms with Gasteiger partial charge in [-0.25, -0.2) is 0 Å². The van der Waals surface area contributed by atoms with Crippen LogP contribution in [0.5, 0.6) is 5.75 Å². The van der Waals surface area contributed by atoms with Crippen LogP contribution in [0.25, 0.3) is 11.1 Å². The topological polar surface area (TPSA) is 18.5 Å². The van der Waals surface area contributed by atoms with Crippen molar-refractivity contribution in [3.8, 4) is 16.9 Å². The summed E-state index contributed by atoms with van der Waals surface area (Å²) in [4.78, 5) is 0. The second kappa shape index (κ2) is 6.05. The zero-order chi connectivity index (χ0) is 17.4. The number of ether oxygens (including phenoxy) is 2. The van der Waals surface area contributed by atoms with Crippen molar-refractivity contribution in [2.45, 2.75) is 19.3 Å². The zero-order valence-electron chi connectivity index (χ0n) is 14.9. The molecule has 3 aromatic rings. The number of fused-ring (bicyclic) bond motifs is 3. The van der Waals surface area contributed by atoms with Crippen molar-refractivity contribution in [3.63, 3.8) is 0 Å². The van der Waals surface area contributed by atoms with Gasteiger partial charge < -0.3 is 9.47 Å². The normalized spacial score (nSPS) is 14.0. The van der Waals surface area contributed by atoms with Gasteiger partial charge in [-0.05, 0) is 42.2 Å². The van der Waals surface area contributed by atoms with Crippen molar-refractivity contribution in [2.75, 3.05) is 13.9 Å². The van der Waals surface area contributed by atoms with Crippen molar-refractivity contribution in [2.24, 2.45) is 0 Å². The van der Waals surface area contributed by atoms with Crippen molar-refractivity contribution >= 4 is 0 Å². The highest BCUT2D eigenvalue weighted by Crippen LogP contribution is 2.54. The average Bonchev–Trinajstić information content (AvgIpc) is 2.91. The van der Waals surface area contributed by atoms with E-state index in [0.29, 0.717) is 0 Å².